The molecule has 0 saturated carbocycles. The molecule has 1 atom stereocenters. The van der Waals surface area contributed by atoms with Crippen LogP contribution in [-0.2, 0) is 13.6 Å². The minimum absolute atomic E-state index is 0.208. The molecule has 0 bridgehead atoms. The first-order valence-electron chi connectivity index (χ1n) is 5.49. The van der Waals surface area contributed by atoms with Crippen LogP contribution in [0.1, 0.15) is 40.5 Å². The van der Waals surface area contributed by atoms with Crippen LogP contribution in [0.2, 0.25) is 0 Å². The zero-order valence-corrected chi connectivity index (χ0v) is 10.9. The second-order valence-corrected chi connectivity index (χ2v) is 5.94. The molecule has 0 aliphatic carbocycles. The van der Waals surface area contributed by atoms with Crippen molar-refractivity contribution in [2.75, 3.05) is 13.2 Å². The maximum Gasteiger partial charge on any atom is 0.364 e. The van der Waals surface area contributed by atoms with E-state index in [9.17, 15) is 8.96 Å². The van der Waals surface area contributed by atoms with E-state index in [-0.39, 0.29) is 19.6 Å². The third-order valence-corrected chi connectivity index (χ3v) is 4.12. The first-order chi connectivity index (χ1) is 6.96. The fourth-order valence-corrected chi connectivity index (χ4v) is 2.77. The van der Waals surface area contributed by atoms with Crippen LogP contribution in [0.4, 0.5) is 4.39 Å². The van der Waals surface area contributed by atoms with Crippen LogP contribution < -0.4 is 0 Å². The smallest absolute Gasteiger partial charge is 0.307 e. The molecule has 0 N–H and O–H groups in total. The molecule has 15 heavy (non-hydrogen) atoms. The largest absolute Gasteiger partial charge is 0.364 e. The molecule has 3 nitrogen and oxygen atoms in total. The molecule has 0 aliphatic heterocycles. The average molecular weight is 240 g/mol. The maximum atomic E-state index is 13.7. The Bertz CT molecular complexity index is 199. The zero-order chi connectivity index (χ0) is 11.9. The summed E-state index contributed by atoms with van der Waals surface area (Å²) in [5.41, 5.74) is 0. The second kappa shape index (κ2) is 7.37. The molecule has 0 aromatic carbocycles. The summed E-state index contributed by atoms with van der Waals surface area (Å²) in [6.07, 6.45) is 0.917. The van der Waals surface area contributed by atoms with Gasteiger partial charge in [0.2, 0.25) is 5.91 Å². The van der Waals surface area contributed by atoms with E-state index >= 15 is 0 Å². The van der Waals surface area contributed by atoms with Crippen LogP contribution in [0, 0.1) is 5.92 Å². The van der Waals surface area contributed by atoms with Crippen LogP contribution in [-0.4, -0.2) is 19.1 Å². The Morgan fingerprint density at radius 2 is 1.60 bits per heavy atom. The summed E-state index contributed by atoms with van der Waals surface area (Å²) in [4.78, 5) is 0. The van der Waals surface area contributed by atoms with Gasteiger partial charge in [0.25, 0.3) is 0 Å². The predicted octanol–water partition coefficient (Wildman–Crippen LogP) is 3.98. The van der Waals surface area contributed by atoms with E-state index in [2.05, 4.69) is 0 Å². The van der Waals surface area contributed by atoms with E-state index in [1.807, 2.05) is 13.8 Å². The predicted molar refractivity (Wildman–Crippen MR) is 59.8 cm³/mol. The number of rotatable bonds is 8. The first-order valence-corrected chi connectivity index (χ1v) is 7.10. The van der Waals surface area contributed by atoms with E-state index in [4.69, 9.17) is 9.05 Å². The van der Waals surface area contributed by atoms with Crippen molar-refractivity contribution < 1.29 is 18.0 Å². The van der Waals surface area contributed by atoms with E-state index < -0.39 is 13.5 Å². The van der Waals surface area contributed by atoms with Crippen molar-refractivity contribution in [3.05, 3.63) is 0 Å². The van der Waals surface area contributed by atoms with Gasteiger partial charge in [0.15, 0.2) is 0 Å². The van der Waals surface area contributed by atoms with E-state index in [0.29, 0.717) is 12.3 Å². The minimum Gasteiger partial charge on any atom is -0.307 e. The Morgan fingerprint density at radius 3 is 1.93 bits per heavy atom. The fourth-order valence-electron chi connectivity index (χ4n) is 1.19. The van der Waals surface area contributed by atoms with Gasteiger partial charge in [-0.2, -0.15) is 0 Å². The molecule has 0 aliphatic rings. The molecule has 0 spiro atoms. The molecule has 0 amide bonds. The lowest BCUT2D eigenvalue weighted by molar-refractivity contribution is 0.184. The van der Waals surface area contributed by atoms with Gasteiger partial charge < -0.3 is 9.05 Å². The minimum atomic E-state index is -3.53. The van der Waals surface area contributed by atoms with Gasteiger partial charge >= 0.3 is 7.60 Å². The Kier molecular flexibility index (Phi) is 7.41. The van der Waals surface area contributed by atoms with Crippen LogP contribution in [0.25, 0.3) is 0 Å². The number of hydrogen-bond acceptors (Lipinski definition) is 3. The highest BCUT2D eigenvalue weighted by Gasteiger charge is 2.35. The summed E-state index contributed by atoms with van der Waals surface area (Å²) in [6.45, 7) is 7.78. The van der Waals surface area contributed by atoms with Gasteiger partial charge in [0.05, 0.1) is 13.2 Å². The summed E-state index contributed by atoms with van der Waals surface area (Å²) >= 11 is 0. The van der Waals surface area contributed by atoms with E-state index in [1.165, 1.54) is 0 Å². The van der Waals surface area contributed by atoms with Gasteiger partial charge in [-0.05, 0) is 32.6 Å². The quantitative estimate of drug-likeness (QED) is 0.602. The fraction of sp³-hybridized carbons (Fsp3) is 1.00. The lowest BCUT2D eigenvalue weighted by Gasteiger charge is -2.21. The first kappa shape index (κ1) is 15.1. The Hall–Kier alpha value is 0.0800. The van der Waals surface area contributed by atoms with Crippen molar-refractivity contribution >= 4 is 7.60 Å². The van der Waals surface area contributed by atoms with Gasteiger partial charge in [-0.3, -0.25) is 4.57 Å². The van der Waals surface area contributed by atoms with Gasteiger partial charge in [0, 0.05) is 0 Å². The zero-order valence-electron chi connectivity index (χ0n) is 10.0. The molecule has 5 heteroatoms. The monoisotopic (exact) mass is 240 g/mol. The summed E-state index contributed by atoms with van der Waals surface area (Å²) in [5, 5.41) is 0. The highest BCUT2D eigenvalue weighted by molar-refractivity contribution is 7.54. The molecular formula is C10H22FO3P. The molecule has 0 rings (SSSR count). The molecule has 0 aromatic heterocycles. The molecule has 1 unspecified atom stereocenters. The number of halogens is 1. The van der Waals surface area contributed by atoms with Gasteiger partial charge in [-0.15, -0.1) is 0 Å². The molecule has 0 aromatic rings. The molecular weight excluding hydrogens is 218 g/mol. The summed E-state index contributed by atoms with van der Waals surface area (Å²) in [6, 6.07) is 0. The third-order valence-electron chi connectivity index (χ3n) is 1.94. The van der Waals surface area contributed by atoms with Crippen LogP contribution >= 0.6 is 7.60 Å². The topological polar surface area (TPSA) is 35.5 Å². The van der Waals surface area contributed by atoms with Gasteiger partial charge in [-0.1, -0.05) is 13.8 Å². The van der Waals surface area contributed by atoms with Crippen LogP contribution in [0.3, 0.4) is 0 Å². The van der Waals surface area contributed by atoms with E-state index in [1.54, 1.807) is 13.8 Å². The summed E-state index contributed by atoms with van der Waals surface area (Å²) < 4.78 is 35.4. The molecule has 0 heterocycles. The lowest BCUT2D eigenvalue weighted by atomic mass is 10.1. The highest BCUT2D eigenvalue weighted by Crippen LogP contribution is 2.55. The summed E-state index contributed by atoms with van der Waals surface area (Å²) in [5.74, 6) is -1.11. The standard InChI is InChI=1S/C10H22FO3P/c1-5-13-15(12,14-6-2)10(11)8-7-9(3)4/h9-10H,5-8H2,1-4H3. The third kappa shape index (κ3) is 5.64. The number of alkyl halides is 1. The lowest BCUT2D eigenvalue weighted by Crippen LogP contribution is -2.09. The highest BCUT2D eigenvalue weighted by atomic mass is 31.2. The van der Waals surface area contributed by atoms with Gasteiger partial charge in [-0.25, -0.2) is 4.39 Å². The molecule has 0 fully saturated rings. The Balaban J connectivity index is 4.27. The van der Waals surface area contributed by atoms with Crippen molar-refractivity contribution in [3.63, 3.8) is 0 Å². The van der Waals surface area contributed by atoms with Crippen molar-refractivity contribution in [2.45, 2.75) is 46.4 Å². The van der Waals surface area contributed by atoms with Crippen molar-refractivity contribution in [2.24, 2.45) is 5.92 Å². The van der Waals surface area contributed by atoms with Gasteiger partial charge in [0.1, 0.15) is 0 Å². The van der Waals surface area contributed by atoms with Crippen LogP contribution in [0.5, 0.6) is 0 Å². The van der Waals surface area contributed by atoms with Crippen molar-refractivity contribution in [1.82, 2.24) is 0 Å². The second-order valence-electron chi connectivity index (χ2n) is 3.78. The molecule has 0 saturated heterocycles. The Morgan fingerprint density at radius 1 is 1.13 bits per heavy atom. The Labute approximate surface area is 91.9 Å². The number of hydrogen-bond donors (Lipinski definition) is 0. The van der Waals surface area contributed by atoms with Crippen LogP contribution in [0.15, 0.2) is 0 Å². The molecule has 0 radical (unpaired) electrons. The summed E-state index contributed by atoms with van der Waals surface area (Å²) in [7, 11) is -3.53. The maximum absolute atomic E-state index is 13.7. The van der Waals surface area contributed by atoms with Crippen molar-refractivity contribution in [1.29, 1.82) is 0 Å². The van der Waals surface area contributed by atoms with E-state index in [0.717, 1.165) is 0 Å². The normalized spacial score (nSPS) is 14.5. The SMILES string of the molecule is CCOP(=O)(OCC)C(F)CCC(C)C. The van der Waals surface area contributed by atoms with Crippen molar-refractivity contribution in [3.8, 4) is 0 Å². The average Bonchev–Trinajstić information content (AvgIpc) is 2.14. The molecule has 92 valence electrons.